The van der Waals surface area contributed by atoms with Crippen LogP contribution in [0.5, 0.6) is 0 Å². The summed E-state index contributed by atoms with van der Waals surface area (Å²) in [6.45, 7) is 0.174. The molecule has 0 bridgehead atoms. The highest BCUT2D eigenvalue weighted by Gasteiger charge is 2.29. The summed E-state index contributed by atoms with van der Waals surface area (Å²) in [5.74, 6) is -1.11. The number of hydrogen-bond acceptors (Lipinski definition) is 3. The second-order valence-corrected chi connectivity index (χ2v) is 6.40. The summed E-state index contributed by atoms with van der Waals surface area (Å²) in [7, 11) is 0. The quantitative estimate of drug-likeness (QED) is 0.556. The van der Waals surface area contributed by atoms with Gasteiger partial charge in [0, 0.05) is 10.3 Å². The summed E-state index contributed by atoms with van der Waals surface area (Å²) >= 11 is 1.91. The smallest absolute Gasteiger partial charge is 0.407 e. The molecule has 3 rings (SSSR count). The van der Waals surface area contributed by atoms with Crippen LogP contribution in [0.25, 0.3) is 11.1 Å². The molecule has 0 aromatic heterocycles. The molecule has 2 aromatic rings. The van der Waals surface area contributed by atoms with Gasteiger partial charge in [0.2, 0.25) is 0 Å². The Labute approximate surface area is 153 Å². The fourth-order valence-electron chi connectivity index (χ4n) is 2.95. The first-order chi connectivity index (χ1) is 11.6. The van der Waals surface area contributed by atoms with E-state index < -0.39 is 18.1 Å². The Morgan fingerprint density at radius 3 is 2.12 bits per heavy atom. The van der Waals surface area contributed by atoms with Crippen LogP contribution >= 0.6 is 22.6 Å². The fraction of sp³-hybridized carbons (Fsp3) is 0.222. The van der Waals surface area contributed by atoms with Crippen molar-refractivity contribution in [2.75, 3.05) is 11.0 Å². The molecular weight excluding hydrogens is 421 g/mol. The molecule has 0 saturated carbocycles. The molecule has 1 aliphatic carbocycles. The molecule has 0 aliphatic heterocycles. The molecule has 0 heterocycles. The molecule has 6 heteroatoms. The van der Waals surface area contributed by atoms with Crippen molar-refractivity contribution in [2.45, 2.75) is 12.0 Å². The second-order valence-electron chi connectivity index (χ2n) is 5.52. The van der Waals surface area contributed by atoms with Gasteiger partial charge in [0.25, 0.3) is 0 Å². The molecule has 2 N–H and O–H groups in total. The number of alkyl carbamates (subject to hydrolysis) is 1. The van der Waals surface area contributed by atoms with Gasteiger partial charge in [0.1, 0.15) is 12.6 Å². The number of carbonyl (C=O) groups excluding carboxylic acids is 1. The Morgan fingerprint density at radius 1 is 1.08 bits per heavy atom. The van der Waals surface area contributed by atoms with Crippen LogP contribution in [-0.2, 0) is 9.53 Å². The van der Waals surface area contributed by atoms with Gasteiger partial charge in [-0.15, -0.1) is 0 Å². The number of fused-ring (bicyclic) bond motifs is 3. The van der Waals surface area contributed by atoms with E-state index in [0.717, 1.165) is 22.3 Å². The van der Waals surface area contributed by atoms with Crippen LogP contribution in [0.4, 0.5) is 4.79 Å². The van der Waals surface area contributed by atoms with Crippen LogP contribution in [0.15, 0.2) is 48.5 Å². The number of benzene rings is 2. The molecule has 0 saturated heterocycles. The summed E-state index contributed by atoms with van der Waals surface area (Å²) in [6, 6.07) is 15.2. The van der Waals surface area contributed by atoms with Crippen LogP contribution in [-0.4, -0.2) is 34.2 Å². The van der Waals surface area contributed by atoms with Gasteiger partial charge in [-0.1, -0.05) is 71.1 Å². The van der Waals surface area contributed by atoms with E-state index in [9.17, 15) is 9.59 Å². The highest BCUT2D eigenvalue weighted by atomic mass is 127. The van der Waals surface area contributed by atoms with E-state index in [1.54, 1.807) is 0 Å². The molecule has 24 heavy (non-hydrogen) atoms. The molecule has 1 unspecified atom stereocenters. The number of carboxylic acids is 1. The monoisotopic (exact) mass is 437 g/mol. The number of carboxylic acid groups (broad SMARTS) is 1. The topological polar surface area (TPSA) is 75.6 Å². The Balaban J connectivity index is 1.74. The van der Waals surface area contributed by atoms with E-state index in [1.165, 1.54) is 0 Å². The summed E-state index contributed by atoms with van der Waals surface area (Å²) in [5, 5.41) is 11.4. The van der Waals surface area contributed by atoms with Crippen molar-refractivity contribution in [3.05, 3.63) is 59.7 Å². The Morgan fingerprint density at radius 2 is 1.62 bits per heavy atom. The van der Waals surface area contributed by atoms with Gasteiger partial charge in [0.15, 0.2) is 0 Å². The van der Waals surface area contributed by atoms with Crippen molar-refractivity contribution in [3.8, 4) is 11.1 Å². The van der Waals surface area contributed by atoms with Crippen LogP contribution in [0.1, 0.15) is 17.0 Å². The van der Waals surface area contributed by atoms with Gasteiger partial charge in [-0.05, 0) is 22.3 Å². The second kappa shape index (κ2) is 7.21. The van der Waals surface area contributed by atoms with Gasteiger partial charge in [-0.25, -0.2) is 9.59 Å². The first-order valence-corrected chi connectivity index (χ1v) is 9.04. The van der Waals surface area contributed by atoms with Crippen LogP contribution in [0, 0.1) is 0 Å². The van der Waals surface area contributed by atoms with E-state index in [0.29, 0.717) is 0 Å². The van der Waals surface area contributed by atoms with Crippen molar-refractivity contribution in [1.82, 2.24) is 5.32 Å². The summed E-state index contributed by atoms with van der Waals surface area (Å²) in [5.41, 5.74) is 4.54. The van der Waals surface area contributed by atoms with E-state index in [4.69, 9.17) is 9.84 Å². The predicted molar refractivity (Wildman–Crippen MR) is 98.5 cm³/mol. The third kappa shape index (κ3) is 3.24. The molecule has 1 atom stereocenters. The molecular formula is C18H16INO4. The largest absolute Gasteiger partial charge is 0.480 e. The van der Waals surface area contributed by atoms with Crippen molar-refractivity contribution in [1.29, 1.82) is 0 Å². The van der Waals surface area contributed by atoms with E-state index in [-0.39, 0.29) is 17.0 Å². The first-order valence-electron chi connectivity index (χ1n) is 7.52. The molecule has 0 spiro atoms. The molecule has 1 amide bonds. The third-order valence-corrected chi connectivity index (χ3v) is 4.97. The Hall–Kier alpha value is -2.09. The van der Waals surface area contributed by atoms with E-state index >= 15 is 0 Å². The van der Waals surface area contributed by atoms with Crippen molar-refractivity contribution >= 4 is 34.7 Å². The zero-order valence-electron chi connectivity index (χ0n) is 12.7. The molecule has 124 valence electrons. The lowest BCUT2D eigenvalue weighted by molar-refractivity contribution is -0.138. The summed E-state index contributed by atoms with van der Waals surface area (Å²) in [6.07, 6.45) is -0.707. The van der Waals surface area contributed by atoms with E-state index in [1.807, 2.05) is 59.0 Å². The molecule has 0 fully saturated rings. The number of ether oxygens (including phenoxy) is 1. The van der Waals surface area contributed by atoms with Crippen molar-refractivity contribution < 1.29 is 19.4 Å². The number of alkyl halides is 1. The van der Waals surface area contributed by atoms with Gasteiger partial charge < -0.3 is 15.2 Å². The standard InChI is InChI=1S/C18H16INO4/c19-9-16(17(21)22)20-18(23)24-10-15-13-7-3-1-5-11(13)12-6-2-4-8-14(12)15/h1-8,15-16H,9-10H2,(H,20,23)(H,21,22). The number of amides is 1. The van der Waals surface area contributed by atoms with E-state index in [2.05, 4.69) is 17.4 Å². The minimum atomic E-state index is -1.07. The molecule has 1 aliphatic rings. The predicted octanol–water partition coefficient (Wildman–Crippen LogP) is 3.41. The highest BCUT2D eigenvalue weighted by molar-refractivity contribution is 14.1. The number of hydrogen-bond donors (Lipinski definition) is 2. The Bertz CT molecular complexity index is 732. The maximum Gasteiger partial charge on any atom is 0.407 e. The normalized spacial score (nSPS) is 13.7. The van der Waals surface area contributed by atoms with Gasteiger partial charge in [0.05, 0.1) is 0 Å². The summed E-state index contributed by atoms with van der Waals surface area (Å²) < 4.78 is 5.58. The average molecular weight is 437 g/mol. The SMILES string of the molecule is O=C(NC(CI)C(=O)O)OCC1c2ccccc2-c2ccccc21. The number of nitrogens with one attached hydrogen (secondary N) is 1. The van der Waals surface area contributed by atoms with Crippen molar-refractivity contribution in [3.63, 3.8) is 0 Å². The average Bonchev–Trinajstić information content (AvgIpc) is 2.91. The number of aliphatic carboxylic acids is 1. The van der Waals surface area contributed by atoms with Gasteiger partial charge >= 0.3 is 12.1 Å². The molecule has 0 radical (unpaired) electrons. The highest BCUT2D eigenvalue weighted by Crippen LogP contribution is 2.44. The molecule has 2 aromatic carbocycles. The molecule has 5 nitrogen and oxygen atoms in total. The lowest BCUT2D eigenvalue weighted by Gasteiger charge is -2.16. The third-order valence-electron chi connectivity index (χ3n) is 4.09. The Kier molecular flexibility index (Phi) is 5.03. The van der Waals surface area contributed by atoms with Crippen molar-refractivity contribution in [2.24, 2.45) is 0 Å². The summed E-state index contributed by atoms with van der Waals surface area (Å²) in [4.78, 5) is 22.9. The first kappa shape index (κ1) is 16.8. The number of rotatable bonds is 5. The van der Waals surface area contributed by atoms with Gasteiger partial charge in [-0.2, -0.15) is 0 Å². The maximum absolute atomic E-state index is 11.9. The minimum Gasteiger partial charge on any atom is -0.480 e. The maximum atomic E-state index is 11.9. The number of halogens is 1. The van der Waals surface area contributed by atoms with Crippen LogP contribution < -0.4 is 5.32 Å². The zero-order valence-corrected chi connectivity index (χ0v) is 14.9. The van der Waals surface area contributed by atoms with Crippen LogP contribution in [0.2, 0.25) is 0 Å². The lowest BCUT2D eigenvalue weighted by Crippen LogP contribution is -2.42. The lowest BCUT2D eigenvalue weighted by atomic mass is 9.98. The minimum absolute atomic E-state index is 0.0361. The fourth-order valence-corrected chi connectivity index (χ4v) is 3.55. The number of carbonyl (C=O) groups is 2. The van der Waals surface area contributed by atoms with Crippen LogP contribution in [0.3, 0.4) is 0 Å². The zero-order chi connectivity index (χ0) is 17.1. The van der Waals surface area contributed by atoms with Gasteiger partial charge in [-0.3, -0.25) is 0 Å².